The van der Waals surface area contributed by atoms with Crippen LogP contribution in [0.4, 0.5) is 0 Å². The molecule has 5 rings (SSSR count). The van der Waals surface area contributed by atoms with Crippen molar-refractivity contribution >= 4 is 0 Å². The molecule has 2 saturated carbocycles. The van der Waals surface area contributed by atoms with Gasteiger partial charge < -0.3 is 28.4 Å². The maximum absolute atomic E-state index is 6.48. The standard InChI is InChI=1S/C21H34O6/c1-2-13-22-17-16(15-14-23-20(25-15)9-5-3-6-10-20)24-19-18(17)26-21(27-19)11-7-4-8-12-21/h15-19H,2-14H2,1H3/t15-,16+,17-,18+,19-/m0/s1. The van der Waals surface area contributed by atoms with Crippen LogP contribution in [0, 0.1) is 0 Å². The van der Waals surface area contributed by atoms with Crippen molar-refractivity contribution in [3.05, 3.63) is 0 Å². The van der Waals surface area contributed by atoms with Gasteiger partial charge in [0.1, 0.15) is 24.4 Å². The summed E-state index contributed by atoms with van der Waals surface area (Å²) in [5, 5.41) is 0. The Morgan fingerprint density at radius 1 is 0.815 bits per heavy atom. The summed E-state index contributed by atoms with van der Waals surface area (Å²) < 4.78 is 38.0. The van der Waals surface area contributed by atoms with Gasteiger partial charge in [0.25, 0.3) is 0 Å². The lowest BCUT2D eigenvalue weighted by atomic mass is 9.94. The monoisotopic (exact) mass is 382 g/mol. The summed E-state index contributed by atoms with van der Waals surface area (Å²) in [7, 11) is 0. The van der Waals surface area contributed by atoms with Crippen molar-refractivity contribution in [3.8, 4) is 0 Å². The van der Waals surface area contributed by atoms with Crippen molar-refractivity contribution < 1.29 is 28.4 Å². The van der Waals surface area contributed by atoms with Gasteiger partial charge in [-0.2, -0.15) is 0 Å². The van der Waals surface area contributed by atoms with E-state index in [0.717, 1.165) is 44.9 Å². The zero-order valence-electron chi connectivity index (χ0n) is 16.5. The number of ether oxygens (including phenoxy) is 6. The maximum Gasteiger partial charge on any atom is 0.190 e. The minimum absolute atomic E-state index is 0.106. The lowest BCUT2D eigenvalue weighted by Crippen LogP contribution is -2.46. The summed E-state index contributed by atoms with van der Waals surface area (Å²) in [6, 6.07) is 0. The third kappa shape index (κ3) is 3.47. The highest BCUT2D eigenvalue weighted by Crippen LogP contribution is 2.48. The van der Waals surface area contributed by atoms with Crippen LogP contribution < -0.4 is 0 Å². The van der Waals surface area contributed by atoms with Crippen LogP contribution in [-0.2, 0) is 28.4 Å². The molecule has 0 amide bonds. The van der Waals surface area contributed by atoms with Gasteiger partial charge in [-0.05, 0) is 32.1 Å². The first kappa shape index (κ1) is 18.8. The minimum atomic E-state index is -0.454. The van der Waals surface area contributed by atoms with E-state index in [0.29, 0.717) is 13.2 Å². The molecule has 5 fully saturated rings. The first-order valence-corrected chi connectivity index (χ1v) is 11.2. The number of hydrogen-bond donors (Lipinski definition) is 0. The first-order valence-electron chi connectivity index (χ1n) is 11.2. The normalized spacial score (nSPS) is 42.8. The lowest BCUT2D eigenvalue weighted by molar-refractivity contribution is -0.262. The van der Waals surface area contributed by atoms with Crippen LogP contribution in [0.2, 0.25) is 0 Å². The predicted octanol–water partition coefficient (Wildman–Crippen LogP) is 3.66. The molecule has 0 radical (unpaired) electrons. The van der Waals surface area contributed by atoms with Gasteiger partial charge in [0, 0.05) is 32.3 Å². The van der Waals surface area contributed by atoms with Gasteiger partial charge in [-0.3, -0.25) is 0 Å². The van der Waals surface area contributed by atoms with Crippen molar-refractivity contribution in [1.29, 1.82) is 0 Å². The molecule has 2 spiro atoms. The fourth-order valence-corrected chi connectivity index (χ4v) is 5.52. The summed E-state index contributed by atoms with van der Waals surface area (Å²) in [6.45, 7) is 3.40. The highest BCUT2D eigenvalue weighted by molar-refractivity contribution is 5.01. The SMILES string of the molecule is CCCO[C@@H]1[C@H]2OC3(CCCCC3)O[C@@H]2O[C@@H]1[C@@H]1COC2(CCCCC2)O1. The zero-order chi connectivity index (χ0) is 18.3. The summed E-state index contributed by atoms with van der Waals surface area (Å²) in [4.78, 5) is 0. The van der Waals surface area contributed by atoms with Gasteiger partial charge >= 0.3 is 0 Å². The van der Waals surface area contributed by atoms with Gasteiger partial charge in [-0.25, -0.2) is 0 Å². The third-order valence-corrected chi connectivity index (χ3v) is 6.88. The van der Waals surface area contributed by atoms with E-state index in [2.05, 4.69) is 6.92 Å². The Bertz CT molecular complexity index is 513. The van der Waals surface area contributed by atoms with E-state index in [1.807, 2.05) is 0 Å². The molecule has 154 valence electrons. The van der Waals surface area contributed by atoms with Crippen LogP contribution in [0.1, 0.15) is 77.6 Å². The minimum Gasteiger partial charge on any atom is -0.372 e. The molecular weight excluding hydrogens is 348 g/mol. The van der Waals surface area contributed by atoms with Crippen LogP contribution in [0.25, 0.3) is 0 Å². The third-order valence-electron chi connectivity index (χ3n) is 6.88. The Morgan fingerprint density at radius 3 is 2.22 bits per heavy atom. The van der Waals surface area contributed by atoms with Crippen LogP contribution in [0.5, 0.6) is 0 Å². The van der Waals surface area contributed by atoms with Gasteiger partial charge in [0.05, 0.1) is 6.61 Å². The Kier molecular flexibility index (Phi) is 5.24. The van der Waals surface area contributed by atoms with Gasteiger partial charge in [-0.1, -0.05) is 19.8 Å². The van der Waals surface area contributed by atoms with Crippen molar-refractivity contribution in [2.45, 2.75) is 120 Å². The second kappa shape index (κ2) is 7.54. The highest BCUT2D eigenvalue weighted by Gasteiger charge is 2.61. The Morgan fingerprint density at radius 2 is 1.52 bits per heavy atom. The smallest absolute Gasteiger partial charge is 0.190 e. The van der Waals surface area contributed by atoms with E-state index in [4.69, 9.17) is 28.4 Å². The van der Waals surface area contributed by atoms with Gasteiger partial charge in [0.15, 0.2) is 17.9 Å². The Balaban J connectivity index is 1.29. The van der Waals surface area contributed by atoms with E-state index >= 15 is 0 Å². The molecule has 3 heterocycles. The maximum atomic E-state index is 6.48. The summed E-state index contributed by atoms with van der Waals surface area (Å²) >= 11 is 0. The lowest BCUT2D eigenvalue weighted by Gasteiger charge is -2.35. The van der Waals surface area contributed by atoms with E-state index < -0.39 is 11.6 Å². The average Bonchev–Trinajstić information content (AvgIpc) is 3.33. The molecule has 0 aromatic heterocycles. The Hall–Kier alpha value is -0.240. The summed E-state index contributed by atoms with van der Waals surface area (Å²) in [5.74, 6) is -0.852. The van der Waals surface area contributed by atoms with Crippen LogP contribution in [0.15, 0.2) is 0 Å². The predicted molar refractivity (Wildman–Crippen MR) is 97.1 cm³/mol. The molecule has 6 nitrogen and oxygen atoms in total. The summed E-state index contributed by atoms with van der Waals surface area (Å²) in [6.07, 6.45) is 11.1. The van der Waals surface area contributed by atoms with Crippen LogP contribution in [0.3, 0.4) is 0 Å². The Labute approximate surface area is 162 Å². The fourth-order valence-electron chi connectivity index (χ4n) is 5.52. The second-order valence-corrected chi connectivity index (χ2v) is 8.91. The van der Waals surface area contributed by atoms with Crippen molar-refractivity contribution in [2.24, 2.45) is 0 Å². The van der Waals surface area contributed by atoms with Gasteiger partial charge in [-0.15, -0.1) is 0 Å². The molecule has 0 unspecified atom stereocenters. The largest absolute Gasteiger partial charge is 0.372 e. The first-order chi connectivity index (χ1) is 13.2. The number of hydrogen-bond acceptors (Lipinski definition) is 6. The molecule has 0 bridgehead atoms. The van der Waals surface area contributed by atoms with E-state index in [1.54, 1.807) is 0 Å². The molecule has 27 heavy (non-hydrogen) atoms. The molecule has 3 aliphatic heterocycles. The van der Waals surface area contributed by atoms with Crippen LogP contribution >= 0.6 is 0 Å². The highest BCUT2D eigenvalue weighted by atomic mass is 16.9. The van der Waals surface area contributed by atoms with Crippen molar-refractivity contribution in [3.63, 3.8) is 0 Å². The number of rotatable bonds is 4. The molecule has 0 N–H and O–H groups in total. The molecular formula is C21H34O6. The second-order valence-electron chi connectivity index (χ2n) is 8.91. The van der Waals surface area contributed by atoms with E-state index in [9.17, 15) is 0 Å². The molecule has 0 aromatic rings. The number of fused-ring (bicyclic) bond motifs is 1. The molecule has 3 saturated heterocycles. The molecule has 0 aromatic carbocycles. The topological polar surface area (TPSA) is 55.4 Å². The molecule has 5 aliphatic rings. The van der Waals surface area contributed by atoms with Crippen LogP contribution in [-0.4, -0.2) is 55.5 Å². The quantitative estimate of drug-likeness (QED) is 0.740. The summed E-state index contributed by atoms with van der Waals surface area (Å²) in [5.41, 5.74) is 0. The van der Waals surface area contributed by atoms with Crippen molar-refractivity contribution in [2.75, 3.05) is 13.2 Å². The molecule has 6 heteroatoms. The zero-order valence-corrected chi connectivity index (χ0v) is 16.5. The fraction of sp³-hybridized carbons (Fsp3) is 1.00. The average molecular weight is 382 g/mol. The van der Waals surface area contributed by atoms with E-state index in [-0.39, 0.29) is 30.7 Å². The van der Waals surface area contributed by atoms with Gasteiger partial charge in [0.2, 0.25) is 0 Å². The molecule has 2 aliphatic carbocycles. The van der Waals surface area contributed by atoms with E-state index in [1.165, 1.54) is 25.7 Å². The van der Waals surface area contributed by atoms with Crippen molar-refractivity contribution in [1.82, 2.24) is 0 Å². The molecule has 5 atom stereocenters.